The Bertz CT molecular complexity index is 329. The highest BCUT2D eigenvalue weighted by atomic mass is 35.5. The van der Waals surface area contributed by atoms with Crippen LogP contribution in [0.15, 0.2) is 24.3 Å². The number of hydrogen-bond donors (Lipinski definition) is 1. The van der Waals surface area contributed by atoms with Crippen molar-refractivity contribution in [2.75, 3.05) is 27.2 Å². The van der Waals surface area contributed by atoms with Crippen LogP contribution in [0.4, 0.5) is 0 Å². The van der Waals surface area contributed by atoms with E-state index in [0.29, 0.717) is 6.04 Å². The molecule has 2 rings (SSSR count). The van der Waals surface area contributed by atoms with Gasteiger partial charge >= 0.3 is 0 Å². The molecule has 1 aromatic carbocycles. The predicted octanol–water partition coefficient (Wildman–Crippen LogP) is 1.52. The van der Waals surface area contributed by atoms with Gasteiger partial charge < -0.3 is 10.1 Å². The van der Waals surface area contributed by atoms with Gasteiger partial charge in [-0.25, -0.2) is 0 Å². The Labute approximate surface area is 103 Å². The third-order valence-electron chi connectivity index (χ3n) is 3.00. The van der Waals surface area contributed by atoms with Crippen molar-refractivity contribution in [1.82, 2.24) is 10.2 Å². The molecule has 0 aliphatic carbocycles. The standard InChI is InChI=1S/C12H18N2O.ClH/c1-14(11-7-13-8-11)9-10-5-3-4-6-12(10)15-2;/h3-6,11,13H,7-9H2,1-2H3;1H. The minimum absolute atomic E-state index is 0. The van der Waals surface area contributed by atoms with Gasteiger partial charge in [0.05, 0.1) is 7.11 Å². The second-order valence-electron chi connectivity index (χ2n) is 4.04. The first-order valence-corrected chi connectivity index (χ1v) is 5.34. The molecule has 4 heteroatoms. The Morgan fingerprint density at radius 2 is 2.06 bits per heavy atom. The smallest absolute Gasteiger partial charge is 0.123 e. The van der Waals surface area contributed by atoms with Crippen LogP contribution in [-0.2, 0) is 6.54 Å². The number of ether oxygens (including phenoxy) is 1. The van der Waals surface area contributed by atoms with Crippen molar-refractivity contribution in [2.45, 2.75) is 12.6 Å². The molecule has 90 valence electrons. The van der Waals surface area contributed by atoms with Gasteiger partial charge in [-0.2, -0.15) is 0 Å². The Hall–Kier alpha value is -0.770. The molecule has 0 unspecified atom stereocenters. The van der Waals surface area contributed by atoms with Crippen LogP contribution in [0.3, 0.4) is 0 Å². The van der Waals surface area contributed by atoms with E-state index in [1.54, 1.807) is 7.11 Å². The van der Waals surface area contributed by atoms with E-state index in [1.165, 1.54) is 5.56 Å². The Kier molecular flexibility index (Phi) is 5.06. The highest BCUT2D eigenvalue weighted by Gasteiger charge is 2.21. The van der Waals surface area contributed by atoms with Crippen molar-refractivity contribution in [1.29, 1.82) is 0 Å². The molecule has 1 aromatic rings. The van der Waals surface area contributed by atoms with Gasteiger partial charge in [0.1, 0.15) is 5.75 Å². The van der Waals surface area contributed by atoms with E-state index >= 15 is 0 Å². The van der Waals surface area contributed by atoms with Crippen LogP contribution in [0.5, 0.6) is 5.75 Å². The lowest BCUT2D eigenvalue weighted by molar-refractivity contribution is 0.171. The molecular weight excluding hydrogens is 224 g/mol. The highest BCUT2D eigenvalue weighted by molar-refractivity contribution is 5.85. The summed E-state index contributed by atoms with van der Waals surface area (Å²) in [6, 6.07) is 8.89. The Morgan fingerprint density at radius 1 is 1.38 bits per heavy atom. The van der Waals surface area contributed by atoms with Gasteiger partial charge in [-0.1, -0.05) is 18.2 Å². The van der Waals surface area contributed by atoms with E-state index in [2.05, 4.69) is 29.4 Å². The van der Waals surface area contributed by atoms with E-state index in [1.807, 2.05) is 12.1 Å². The summed E-state index contributed by atoms with van der Waals surface area (Å²) in [5.74, 6) is 0.983. The predicted molar refractivity (Wildman–Crippen MR) is 68.4 cm³/mol. The molecule has 0 spiro atoms. The normalized spacial score (nSPS) is 15.4. The monoisotopic (exact) mass is 242 g/mol. The number of likely N-dealkylation sites (N-methyl/N-ethyl adjacent to an activating group) is 1. The summed E-state index contributed by atoms with van der Waals surface area (Å²) in [6.07, 6.45) is 0. The van der Waals surface area contributed by atoms with Gasteiger partial charge in [0, 0.05) is 31.2 Å². The fourth-order valence-corrected chi connectivity index (χ4v) is 1.82. The average molecular weight is 243 g/mol. The maximum Gasteiger partial charge on any atom is 0.123 e. The molecule has 0 amide bonds. The average Bonchev–Trinajstić information content (AvgIpc) is 2.15. The van der Waals surface area contributed by atoms with Gasteiger partial charge in [-0.3, -0.25) is 4.90 Å². The lowest BCUT2D eigenvalue weighted by Gasteiger charge is -2.35. The molecule has 0 bridgehead atoms. The number of nitrogens with zero attached hydrogens (tertiary/aromatic N) is 1. The lowest BCUT2D eigenvalue weighted by Crippen LogP contribution is -2.55. The van der Waals surface area contributed by atoms with Gasteiger partial charge in [-0.05, 0) is 13.1 Å². The topological polar surface area (TPSA) is 24.5 Å². The van der Waals surface area contributed by atoms with E-state index in [4.69, 9.17) is 4.74 Å². The molecule has 1 N–H and O–H groups in total. The molecular formula is C12H19ClN2O. The number of benzene rings is 1. The minimum Gasteiger partial charge on any atom is -0.496 e. The first-order valence-electron chi connectivity index (χ1n) is 5.34. The number of hydrogen-bond acceptors (Lipinski definition) is 3. The summed E-state index contributed by atoms with van der Waals surface area (Å²) in [5.41, 5.74) is 1.26. The van der Waals surface area contributed by atoms with E-state index < -0.39 is 0 Å². The summed E-state index contributed by atoms with van der Waals surface area (Å²) >= 11 is 0. The van der Waals surface area contributed by atoms with Crippen molar-refractivity contribution < 1.29 is 4.74 Å². The second-order valence-corrected chi connectivity index (χ2v) is 4.04. The van der Waals surface area contributed by atoms with Crippen LogP contribution < -0.4 is 10.1 Å². The number of halogens is 1. The molecule has 1 fully saturated rings. The van der Waals surface area contributed by atoms with Crippen LogP contribution in [0.2, 0.25) is 0 Å². The Morgan fingerprint density at radius 3 is 2.62 bits per heavy atom. The molecule has 0 saturated carbocycles. The zero-order valence-electron chi connectivity index (χ0n) is 9.77. The number of para-hydroxylation sites is 1. The summed E-state index contributed by atoms with van der Waals surface area (Å²) < 4.78 is 5.34. The SMILES string of the molecule is COc1ccccc1CN(C)C1CNC1.Cl. The molecule has 1 heterocycles. The molecule has 1 aliphatic rings. The number of nitrogens with one attached hydrogen (secondary N) is 1. The third-order valence-corrected chi connectivity index (χ3v) is 3.00. The molecule has 16 heavy (non-hydrogen) atoms. The fourth-order valence-electron chi connectivity index (χ4n) is 1.82. The molecule has 3 nitrogen and oxygen atoms in total. The van der Waals surface area contributed by atoms with Gasteiger partial charge in [0.25, 0.3) is 0 Å². The second kappa shape index (κ2) is 6.09. The largest absolute Gasteiger partial charge is 0.496 e. The van der Waals surface area contributed by atoms with Gasteiger partial charge in [-0.15, -0.1) is 12.4 Å². The first-order chi connectivity index (χ1) is 7.31. The fraction of sp³-hybridized carbons (Fsp3) is 0.500. The summed E-state index contributed by atoms with van der Waals surface area (Å²) in [6.45, 7) is 3.16. The third kappa shape index (κ3) is 2.88. The molecule has 0 aromatic heterocycles. The van der Waals surface area contributed by atoms with Crippen molar-refractivity contribution >= 4 is 12.4 Å². The van der Waals surface area contributed by atoms with Crippen LogP contribution in [0.25, 0.3) is 0 Å². The quantitative estimate of drug-likeness (QED) is 0.867. The summed E-state index contributed by atoms with van der Waals surface area (Å²) in [5, 5.41) is 3.28. The lowest BCUT2D eigenvalue weighted by atomic mass is 10.1. The van der Waals surface area contributed by atoms with Crippen molar-refractivity contribution in [3.63, 3.8) is 0 Å². The van der Waals surface area contributed by atoms with Crippen molar-refractivity contribution in [2.24, 2.45) is 0 Å². The first kappa shape index (κ1) is 13.3. The minimum atomic E-state index is 0. The van der Waals surface area contributed by atoms with Gasteiger partial charge in [0.15, 0.2) is 0 Å². The van der Waals surface area contributed by atoms with E-state index in [9.17, 15) is 0 Å². The maximum atomic E-state index is 5.34. The number of methoxy groups -OCH3 is 1. The zero-order chi connectivity index (χ0) is 10.7. The highest BCUT2D eigenvalue weighted by Crippen LogP contribution is 2.19. The van der Waals surface area contributed by atoms with Gasteiger partial charge in [0.2, 0.25) is 0 Å². The van der Waals surface area contributed by atoms with Crippen LogP contribution in [0.1, 0.15) is 5.56 Å². The molecule has 0 atom stereocenters. The molecule has 1 aliphatic heterocycles. The van der Waals surface area contributed by atoms with Crippen LogP contribution in [-0.4, -0.2) is 38.2 Å². The van der Waals surface area contributed by atoms with Crippen molar-refractivity contribution in [3.8, 4) is 5.75 Å². The zero-order valence-corrected chi connectivity index (χ0v) is 10.6. The summed E-state index contributed by atoms with van der Waals surface area (Å²) in [7, 11) is 3.89. The van der Waals surface area contributed by atoms with Crippen LogP contribution >= 0.6 is 12.4 Å². The van der Waals surface area contributed by atoms with Crippen molar-refractivity contribution in [3.05, 3.63) is 29.8 Å². The van der Waals surface area contributed by atoms with E-state index in [-0.39, 0.29) is 12.4 Å². The van der Waals surface area contributed by atoms with E-state index in [0.717, 1.165) is 25.4 Å². The number of rotatable bonds is 4. The Balaban J connectivity index is 0.00000128. The van der Waals surface area contributed by atoms with Crippen LogP contribution in [0, 0.1) is 0 Å². The molecule has 1 saturated heterocycles. The molecule has 0 radical (unpaired) electrons. The summed E-state index contributed by atoms with van der Waals surface area (Å²) in [4.78, 5) is 2.37. The maximum absolute atomic E-state index is 5.34.